The molecule has 1 aliphatic carbocycles. The maximum absolute atomic E-state index is 14.5. The number of hydrogen-bond donors (Lipinski definition) is 2. The van der Waals surface area contributed by atoms with Crippen LogP contribution in [-0.2, 0) is 4.79 Å². The number of rotatable bonds is 4. The molecule has 1 amide bonds. The monoisotopic (exact) mass is 525 g/mol. The summed E-state index contributed by atoms with van der Waals surface area (Å²) in [4.78, 5) is 25.7. The summed E-state index contributed by atoms with van der Waals surface area (Å²) < 4.78 is 56.5. The highest BCUT2D eigenvalue weighted by Gasteiger charge is 2.44. The molecule has 0 saturated heterocycles. The first-order valence-electron chi connectivity index (χ1n) is 12.2. The van der Waals surface area contributed by atoms with Gasteiger partial charge in [0.05, 0.1) is 18.1 Å². The molecule has 1 fully saturated rings. The van der Waals surface area contributed by atoms with Crippen LogP contribution < -0.4 is 15.1 Å². The summed E-state index contributed by atoms with van der Waals surface area (Å²) in [5.74, 6) is -3.66. The molecule has 2 aliphatic rings. The maximum atomic E-state index is 14.5. The Morgan fingerprint density at radius 3 is 2.66 bits per heavy atom. The molecule has 38 heavy (non-hydrogen) atoms. The number of alkyl halides is 2. The van der Waals surface area contributed by atoms with Gasteiger partial charge in [-0.3, -0.25) is 14.8 Å². The van der Waals surface area contributed by atoms with E-state index in [1.54, 1.807) is 24.0 Å². The number of nitrogens with one attached hydrogen (secondary N) is 2. The molecule has 8 nitrogen and oxygen atoms in total. The van der Waals surface area contributed by atoms with E-state index in [1.165, 1.54) is 41.6 Å². The molecule has 12 heteroatoms. The van der Waals surface area contributed by atoms with E-state index < -0.39 is 23.6 Å². The highest BCUT2D eigenvalue weighted by molar-refractivity contribution is 6.09. The van der Waals surface area contributed by atoms with E-state index in [1.807, 2.05) is 0 Å². The van der Waals surface area contributed by atoms with Crippen LogP contribution in [0.25, 0.3) is 10.9 Å². The van der Waals surface area contributed by atoms with E-state index in [9.17, 15) is 22.4 Å². The lowest BCUT2D eigenvalue weighted by Crippen LogP contribution is -2.56. The zero-order valence-electron chi connectivity index (χ0n) is 20.3. The van der Waals surface area contributed by atoms with E-state index in [4.69, 9.17) is 0 Å². The van der Waals surface area contributed by atoms with Crippen molar-refractivity contribution in [3.05, 3.63) is 60.4 Å². The van der Waals surface area contributed by atoms with Crippen LogP contribution in [0.15, 0.2) is 48.8 Å². The van der Waals surface area contributed by atoms with E-state index in [0.717, 1.165) is 0 Å². The molecule has 1 atom stereocenters. The number of anilines is 5. The van der Waals surface area contributed by atoms with Gasteiger partial charge in [0.2, 0.25) is 11.9 Å². The lowest BCUT2D eigenvalue weighted by atomic mass is 9.89. The van der Waals surface area contributed by atoms with Gasteiger partial charge in [0.25, 0.3) is 5.91 Å². The number of hydrogen-bond acceptors (Lipinski definition) is 6. The lowest BCUT2D eigenvalue weighted by molar-refractivity contribution is -0.119. The Kier molecular flexibility index (Phi) is 5.69. The third-order valence-electron chi connectivity index (χ3n) is 7.13. The second-order valence-corrected chi connectivity index (χ2v) is 9.64. The molecule has 2 aromatic heterocycles. The van der Waals surface area contributed by atoms with Gasteiger partial charge >= 0.3 is 0 Å². The van der Waals surface area contributed by atoms with E-state index in [2.05, 4.69) is 25.5 Å². The molecule has 1 saturated carbocycles. The van der Waals surface area contributed by atoms with Crippen LogP contribution in [0, 0.1) is 11.6 Å². The Morgan fingerprint density at radius 2 is 1.89 bits per heavy atom. The summed E-state index contributed by atoms with van der Waals surface area (Å²) in [5.41, 5.74) is 1.25. The quantitative estimate of drug-likeness (QED) is 0.326. The van der Waals surface area contributed by atoms with E-state index in [0.29, 0.717) is 28.3 Å². The minimum Gasteiger partial charge on any atom is -0.340 e. The number of H-pyrrole nitrogens is 1. The largest absolute Gasteiger partial charge is 0.340 e. The van der Waals surface area contributed by atoms with Crippen molar-refractivity contribution >= 4 is 45.6 Å². The minimum absolute atomic E-state index is 0.123. The number of aromatic nitrogens is 4. The number of nitrogens with zero attached hydrogens (tertiary/aromatic N) is 5. The fraction of sp³-hybridized carbons (Fsp3) is 0.308. The molecule has 6 rings (SSSR count). The zero-order chi connectivity index (χ0) is 26.6. The van der Waals surface area contributed by atoms with Gasteiger partial charge in [-0.05, 0) is 50.1 Å². The van der Waals surface area contributed by atoms with Gasteiger partial charge in [0.15, 0.2) is 11.6 Å². The van der Waals surface area contributed by atoms with E-state index in [-0.39, 0.29) is 49.1 Å². The Morgan fingerprint density at radius 1 is 1.11 bits per heavy atom. The minimum atomic E-state index is -2.75. The smallest absolute Gasteiger partial charge is 0.254 e. The third kappa shape index (κ3) is 4.19. The molecule has 2 N–H and O–H groups in total. The molecular weight excluding hydrogens is 502 g/mol. The number of fused-ring (bicyclic) bond motifs is 2. The molecular formula is C26H23F4N7O. The van der Waals surface area contributed by atoms with Crippen molar-refractivity contribution < 1.29 is 22.4 Å². The highest BCUT2D eigenvalue weighted by atomic mass is 19.3. The normalized spacial score (nSPS) is 19.6. The van der Waals surface area contributed by atoms with Gasteiger partial charge in [0, 0.05) is 30.0 Å². The number of halogens is 4. The van der Waals surface area contributed by atoms with Crippen LogP contribution in [0.3, 0.4) is 0 Å². The van der Waals surface area contributed by atoms with Crippen molar-refractivity contribution in [1.29, 1.82) is 0 Å². The second kappa shape index (κ2) is 8.96. The second-order valence-electron chi connectivity index (χ2n) is 9.64. The van der Waals surface area contributed by atoms with Gasteiger partial charge < -0.3 is 10.2 Å². The fourth-order valence-electron chi connectivity index (χ4n) is 5.27. The highest BCUT2D eigenvalue weighted by Crippen LogP contribution is 2.44. The van der Waals surface area contributed by atoms with Crippen LogP contribution in [0.1, 0.15) is 32.6 Å². The van der Waals surface area contributed by atoms with Gasteiger partial charge in [-0.1, -0.05) is 6.07 Å². The molecule has 0 radical (unpaired) electrons. The van der Waals surface area contributed by atoms with E-state index >= 15 is 0 Å². The number of carbonyl (C=O) groups is 1. The van der Waals surface area contributed by atoms with Crippen molar-refractivity contribution in [3.63, 3.8) is 0 Å². The number of amides is 1. The lowest BCUT2D eigenvalue weighted by Gasteiger charge is -2.46. The van der Waals surface area contributed by atoms with Crippen LogP contribution in [0.5, 0.6) is 0 Å². The van der Waals surface area contributed by atoms with Gasteiger partial charge in [-0.15, -0.1) is 0 Å². The van der Waals surface area contributed by atoms with Gasteiger partial charge in [-0.2, -0.15) is 10.1 Å². The summed E-state index contributed by atoms with van der Waals surface area (Å²) in [6.45, 7) is 1.68. The van der Waals surface area contributed by atoms with Gasteiger partial charge in [-0.25, -0.2) is 22.5 Å². The predicted molar refractivity (Wildman–Crippen MR) is 134 cm³/mol. The number of benzene rings is 2. The third-order valence-corrected chi connectivity index (χ3v) is 7.13. The molecule has 2 aromatic carbocycles. The van der Waals surface area contributed by atoms with Crippen molar-refractivity contribution in [2.75, 3.05) is 15.1 Å². The summed E-state index contributed by atoms with van der Waals surface area (Å²) in [7, 11) is 0. The summed E-state index contributed by atoms with van der Waals surface area (Å²) in [5, 5.41) is 9.98. The van der Waals surface area contributed by atoms with Crippen LogP contribution >= 0.6 is 0 Å². The maximum Gasteiger partial charge on any atom is 0.254 e. The molecule has 0 spiro atoms. The molecule has 196 valence electrons. The average Bonchev–Trinajstić information content (AvgIpc) is 3.35. The Balaban J connectivity index is 1.43. The first kappa shape index (κ1) is 24.1. The summed E-state index contributed by atoms with van der Waals surface area (Å²) in [6, 6.07) is 7.44. The summed E-state index contributed by atoms with van der Waals surface area (Å²) in [6.07, 6.45) is 2.69. The van der Waals surface area contributed by atoms with Crippen molar-refractivity contribution in [1.82, 2.24) is 20.2 Å². The molecule has 3 heterocycles. The predicted octanol–water partition coefficient (Wildman–Crippen LogP) is 5.83. The van der Waals surface area contributed by atoms with Gasteiger partial charge in [0.1, 0.15) is 23.1 Å². The van der Waals surface area contributed by atoms with Crippen molar-refractivity contribution in [2.24, 2.45) is 0 Å². The molecule has 4 aromatic rings. The Labute approximate surface area is 214 Å². The zero-order valence-corrected chi connectivity index (χ0v) is 20.3. The Bertz CT molecular complexity index is 1530. The van der Waals surface area contributed by atoms with Crippen LogP contribution in [-0.4, -0.2) is 44.1 Å². The van der Waals surface area contributed by atoms with Crippen molar-refractivity contribution in [2.45, 2.75) is 50.6 Å². The Hall–Kier alpha value is -4.22. The SMILES string of the molecule is C[C@@H]1C(=O)N(c2cccc(F)c2)c2cnc(Nc3cc(F)c4[nH]ncc4c3)nc2N1C1CCC(F)(F)CC1. The standard InChI is InChI=1S/C26H23F4N7O/c1-14-24(38)37(19-4-2-3-16(27)10-19)21-13-31-25(33-17-9-15-12-32-35-22(15)20(28)11-17)34-23(21)36(14)18-5-7-26(29,30)8-6-18/h2-4,9-14,18H,5-8H2,1H3,(H,32,35)(H,31,33,34)/t14-/m1/s1. The molecule has 1 aliphatic heterocycles. The number of carbonyl (C=O) groups excluding carboxylic acids is 1. The van der Waals surface area contributed by atoms with Crippen molar-refractivity contribution in [3.8, 4) is 0 Å². The fourth-order valence-corrected chi connectivity index (χ4v) is 5.27. The topological polar surface area (TPSA) is 90.0 Å². The first-order chi connectivity index (χ1) is 18.2. The summed E-state index contributed by atoms with van der Waals surface area (Å²) >= 11 is 0. The molecule has 0 unspecified atom stereocenters. The average molecular weight is 526 g/mol. The number of aromatic amines is 1. The van der Waals surface area contributed by atoms with Crippen LogP contribution in [0.4, 0.5) is 46.4 Å². The van der Waals surface area contributed by atoms with Crippen LogP contribution in [0.2, 0.25) is 0 Å². The first-order valence-corrected chi connectivity index (χ1v) is 12.2. The molecule has 0 bridgehead atoms.